The Morgan fingerprint density at radius 2 is 2.10 bits per heavy atom. The Morgan fingerprint density at radius 3 is 2.67 bits per heavy atom. The lowest BCUT2D eigenvalue weighted by Gasteiger charge is -2.23. The highest BCUT2D eigenvalue weighted by Gasteiger charge is 2.20. The summed E-state index contributed by atoms with van der Waals surface area (Å²) in [6.07, 6.45) is 2.98. The molecule has 1 rings (SSSR count). The van der Waals surface area contributed by atoms with Crippen molar-refractivity contribution in [2.24, 2.45) is 0 Å². The lowest BCUT2D eigenvalue weighted by atomic mass is 9.88. The van der Waals surface area contributed by atoms with Gasteiger partial charge in [-0.15, -0.1) is 0 Å². The van der Waals surface area contributed by atoms with Crippen LogP contribution >= 0.6 is 23.4 Å². The number of nitrogens with zero attached hydrogens (tertiary/aromatic N) is 1. The highest BCUT2D eigenvalue weighted by molar-refractivity contribution is 8.03. The number of hydrogen-bond donors (Lipinski definition) is 0. The number of halogens is 1. The van der Waals surface area contributed by atoms with Gasteiger partial charge in [0.2, 0.25) is 0 Å². The van der Waals surface area contributed by atoms with Crippen LogP contribution in [0, 0.1) is 24.5 Å². The lowest BCUT2D eigenvalue weighted by molar-refractivity contribution is 0.311. The fourth-order valence-corrected chi connectivity index (χ4v) is 3.22. The van der Waals surface area contributed by atoms with Crippen LogP contribution < -0.4 is 4.74 Å². The van der Waals surface area contributed by atoms with Gasteiger partial charge < -0.3 is 4.74 Å². The van der Waals surface area contributed by atoms with Gasteiger partial charge in [-0.05, 0) is 68.0 Å². The summed E-state index contributed by atoms with van der Waals surface area (Å²) >= 11 is 7.75. The quantitative estimate of drug-likeness (QED) is 0.444. The van der Waals surface area contributed by atoms with Gasteiger partial charge in [0.15, 0.2) is 0 Å². The summed E-state index contributed by atoms with van der Waals surface area (Å²) < 4.78 is 5.96. The Bertz CT molecular complexity index is 510. The first-order valence-electron chi connectivity index (χ1n) is 7.49. The highest BCUT2D eigenvalue weighted by atomic mass is 35.5. The van der Waals surface area contributed by atoms with Crippen LogP contribution in [0.4, 0.5) is 0 Å². The minimum absolute atomic E-state index is 0.385. The fraction of sp³-hybridized carbons (Fsp3) is 0.588. The van der Waals surface area contributed by atoms with Crippen LogP contribution in [0.25, 0.3) is 0 Å². The van der Waals surface area contributed by atoms with Crippen LogP contribution in [0.2, 0.25) is 5.02 Å². The van der Waals surface area contributed by atoms with E-state index in [4.69, 9.17) is 21.6 Å². The average molecular weight is 326 g/mol. The fourth-order valence-electron chi connectivity index (χ4n) is 2.57. The molecule has 0 bridgehead atoms. The Balaban J connectivity index is 3.16. The highest BCUT2D eigenvalue weighted by Crippen LogP contribution is 2.39. The summed E-state index contributed by atoms with van der Waals surface area (Å²) in [5.41, 5.74) is 3.40. The van der Waals surface area contributed by atoms with Crippen molar-refractivity contribution in [3.05, 3.63) is 27.8 Å². The average Bonchev–Trinajstić information content (AvgIpc) is 2.48. The van der Waals surface area contributed by atoms with Gasteiger partial charge in [0.25, 0.3) is 0 Å². The molecule has 0 saturated carbocycles. The molecule has 0 heterocycles. The molecule has 1 aromatic carbocycles. The maximum atomic E-state index is 8.70. The molecule has 1 aromatic rings. The number of benzene rings is 1. The van der Waals surface area contributed by atoms with Crippen molar-refractivity contribution in [1.29, 1.82) is 5.26 Å². The van der Waals surface area contributed by atoms with Crippen molar-refractivity contribution in [2.75, 3.05) is 12.4 Å². The van der Waals surface area contributed by atoms with Crippen molar-refractivity contribution >= 4 is 23.4 Å². The second-order valence-electron chi connectivity index (χ2n) is 5.23. The molecule has 1 unspecified atom stereocenters. The zero-order chi connectivity index (χ0) is 15.8. The summed E-state index contributed by atoms with van der Waals surface area (Å²) in [5.74, 6) is 2.19. The number of thioether (sulfide) groups is 1. The van der Waals surface area contributed by atoms with E-state index in [1.807, 2.05) is 6.92 Å². The third-order valence-corrected chi connectivity index (χ3v) is 4.84. The van der Waals surface area contributed by atoms with Crippen LogP contribution in [0.15, 0.2) is 6.07 Å². The molecule has 116 valence electrons. The summed E-state index contributed by atoms with van der Waals surface area (Å²) in [6, 6.07) is 2.06. The maximum absolute atomic E-state index is 8.70. The molecule has 0 aliphatic rings. The first-order valence-corrected chi connectivity index (χ1v) is 8.86. The molecule has 0 radical (unpaired) electrons. The van der Waals surface area contributed by atoms with Gasteiger partial charge in [-0.25, -0.2) is 0 Å². The van der Waals surface area contributed by atoms with Gasteiger partial charge in [0.05, 0.1) is 6.61 Å². The second-order valence-corrected chi connectivity index (χ2v) is 6.48. The van der Waals surface area contributed by atoms with Crippen molar-refractivity contribution in [3.63, 3.8) is 0 Å². The number of aryl methyl sites for hydroxylation is 1. The first kappa shape index (κ1) is 18.2. The van der Waals surface area contributed by atoms with Gasteiger partial charge in [-0.3, -0.25) is 0 Å². The Kier molecular flexibility index (Phi) is 8.00. The van der Waals surface area contributed by atoms with Crippen LogP contribution in [0.3, 0.4) is 0 Å². The maximum Gasteiger partial charge on any atom is 0.133 e. The van der Waals surface area contributed by atoms with E-state index in [1.165, 1.54) is 17.3 Å². The van der Waals surface area contributed by atoms with Crippen LogP contribution in [-0.4, -0.2) is 12.4 Å². The molecule has 0 saturated heterocycles. The monoisotopic (exact) mass is 325 g/mol. The normalized spacial score (nSPS) is 12.0. The molecule has 4 heteroatoms. The lowest BCUT2D eigenvalue weighted by Crippen LogP contribution is -2.08. The molecule has 0 spiro atoms. The van der Waals surface area contributed by atoms with Crippen molar-refractivity contribution in [2.45, 2.75) is 52.9 Å². The van der Waals surface area contributed by atoms with Gasteiger partial charge >= 0.3 is 0 Å². The summed E-state index contributed by atoms with van der Waals surface area (Å²) in [6.45, 7) is 9.10. The van der Waals surface area contributed by atoms with Gasteiger partial charge in [-0.1, -0.05) is 25.4 Å². The molecular weight excluding hydrogens is 302 g/mol. The second kappa shape index (κ2) is 9.23. The number of thiocyanates is 1. The van der Waals surface area contributed by atoms with Crippen molar-refractivity contribution < 1.29 is 4.74 Å². The third-order valence-electron chi connectivity index (χ3n) is 3.69. The Morgan fingerprint density at radius 1 is 1.38 bits per heavy atom. The van der Waals surface area contributed by atoms with E-state index in [-0.39, 0.29) is 0 Å². The summed E-state index contributed by atoms with van der Waals surface area (Å²) in [5, 5.41) is 11.7. The zero-order valence-corrected chi connectivity index (χ0v) is 14.9. The van der Waals surface area contributed by atoms with Gasteiger partial charge in [0, 0.05) is 16.3 Å². The molecule has 21 heavy (non-hydrogen) atoms. The SMILES string of the molecule is CCCOc1cc(C)c(Cl)c(C)c1C(CC)CCSC#N. The van der Waals surface area contributed by atoms with Crippen LogP contribution in [0.5, 0.6) is 5.75 Å². The molecule has 0 aliphatic heterocycles. The number of ether oxygens (including phenoxy) is 1. The molecule has 2 nitrogen and oxygen atoms in total. The minimum Gasteiger partial charge on any atom is -0.493 e. The summed E-state index contributed by atoms with van der Waals surface area (Å²) in [4.78, 5) is 0. The molecule has 0 fully saturated rings. The van der Waals surface area contributed by atoms with E-state index in [2.05, 4.69) is 32.2 Å². The van der Waals surface area contributed by atoms with Gasteiger partial charge in [-0.2, -0.15) is 5.26 Å². The van der Waals surface area contributed by atoms with E-state index in [0.29, 0.717) is 5.92 Å². The van der Waals surface area contributed by atoms with E-state index in [9.17, 15) is 0 Å². The largest absolute Gasteiger partial charge is 0.493 e. The molecular formula is C17H24ClNOS. The first-order chi connectivity index (χ1) is 10.1. The molecule has 0 amide bonds. The van der Waals surface area contributed by atoms with E-state index in [0.717, 1.165) is 53.5 Å². The number of rotatable bonds is 8. The van der Waals surface area contributed by atoms with E-state index < -0.39 is 0 Å². The van der Waals surface area contributed by atoms with Crippen LogP contribution in [0.1, 0.15) is 55.7 Å². The topological polar surface area (TPSA) is 33.0 Å². The Hall–Kier alpha value is -0.850. The molecule has 0 aliphatic carbocycles. The van der Waals surface area contributed by atoms with E-state index in [1.54, 1.807) is 0 Å². The minimum atomic E-state index is 0.385. The van der Waals surface area contributed by atoms with E-state index >= 15 is 0 Å². The predicted octanol–water partition coefficient (Wildman–Crippen LogP) is 5.84. The Labute approximate surface area is 137 Å². The van der Waals surface area contributed by atoms with Crippen molar-refractivity contribution in [1.82, 2.24) is 0 Å². The molecule has 0 aromatic heterocycles. The van der Waals surface area contributed by atoms with Gasteiger partial charge in [0.1, 0.15) is 11.2 Å². The van der Waals surface area contributed by atoms with Crippen molar-refractivity contribution in [3.8, 4) is 11.2 Å². The van der Waals surface area contributed by atoms with Crippen LogP contribution in [-0.2, 0) is 0 Å². The molecule has 1 atom stereocenters. The predicted molar refractivity (Wildman–Crippen MR) is 92.4 cm³/mol. The smallest absolute Gasteiger partial charge is 0.133 e. The molecule has 0 N–H and O–H groups in total. The number of nitriles is 1. The number of hydrogen-bond acceptors (Lipinski definition) is 3. The third kappa shape index (κ3) is 4.83. The summed E-state index contributed by atoms with van der Waals surface area (Å²) in [7, 11) is 0. The zero-order valence-electron chi connectivity index (χ0n) is 13.3. The standard InChI is InChI=1S/C17H24ClNOS/c1-5-8-20-15-10-12(3)17(18)13(4)16(15)14(6-2)7-9-21-11-19/h10,14H,5-9H2,1-4H3.